The number of quaternary nitrogens is 1. The van der Waals surface area contributed by atoms with Gasteiger partial charge in [-0.1, -0.05) is 29.8 Å². The van der Waals surface area contributed by atoms with E-state index < -0.39 is 0 Å². The van der Waals surface area contributed by atoms with E-state index in [1.54, 1.807) is 14.2 Å². The molecule has 31 heavy (non-hydrogen) atoms. The lowest BCUT2D eigenvalue weighted by Crippen LogP contribution is -3.13. The topological polar surface area (TPSA) is 64.0 Å². The highest BCUT2D eigenvalue weighted by Gasteiger charge is 2.37. The fourth-order valence-corrected chi connectivity index (χ4v) is 4.50. The Hall–Kier alpha value is -2.73. The Morgan fingerprint density at radius 3 is 2.32 bits per heavy atom. The van der Waals surface area contributed by atoms with Gasteiger partial charge in [-0.05, 0) is 45.4 Å². The summed E-state index contributed by atoms with van der Waals surface area (Å²) in [6, 6.07) is 12.9. The molecular formula is C25H36N3O3+. The third-order valence-electron chi connectivity index (χ3n) is 5.97. The summed E-state index contributed by atoms with van der Waals surface area (Å²) in [5.74, 6) is 1.47. The Labute approximate surface area is 185 Å². The molecular weight excluding hydrogens is 390 g/mol. The minimum Gasteiger partial charge on any atom is -0.493 e. The molecule has 0 radical (unpaired) electrons. The maximum Gasteiger partial charge on any atom is 0.315 e. The van der Waals surface area contributed by atoms with Gasteiger partial charge in [0.25, 0.3) is 0 Å². The van der Waals surface area contributed by atoms with Crippen LogP contribution in [0.15, 0.2) is 36.4 Å². The van der Waals surface area contributed by atoms with Crippen molar-refractivity contribution in [3.63, 3.8) is 0 Å². The van der Waals surface area contributed by atoms with Gasteiger partial charge in [-0.25, -0.2) is 4.79 Å². The molecule has 0 bridgehead atoms. The van der Waals surface area contributed by atoms with Crippen LogP contribution < -0.4 is 25.0 Å². The minimum absolute atomic E-state index is 0.0589. The van der Waals surface area contributed by atoms with Gasteiger partial charge in [0.05, 0.1) is 26.8 Å². The predicted molar refractivity (Wildman–Crippen MR) is 123 cm³/mol. The first-order valence-electron chi connectivity index (χ1n) is 11.0. The van der Waals surface area contributed by atoms with Crippen LogP contribution in [0, 0.1) is 6.92 Å². The number of urea groups is 1. The number of amides is 2. The monoisotopic (exact) mass is 426 g/mol. The van der Waals surface area contributed by atoms with E-state index in [1.807, 2.05) is 13.8 Å². The summed E-state index contributed by atoms with van der Waals surface area (Å²) >= 11 is 0. The van der Waals surface area contributed by atoms with Gasteiger partial charge in [-0.3, -0.25) is 0 Å². The zero-order valence-electron chi connectivity index (χ0n) is 19.5. The second-order valence-electron chi connectivity index (χ2n) is 8.77. The highest BCUT2D eigenvalue weighted by Crippen LogP contribution is 2.35. The van der Waals surface area contributed by atoms with Crippen LogP contribution in [-0.2, 0) is 13.0 Å². The van der Waals surface area contributed by atoms with E-state index in [1.165, 1.54) is 27.2 Å². The summed E-state index contributed by atoms with van der Waals surface area (Å²) < 4.78 is 11.1. The Kier molecular flexibility index (Phi) is 7.44. The van der Waals surface area contributed by atoms with Crippen LogP contribution in [-0.4, -0.2) is 38.9 Å². The lowest BCUT2D eigenvalue weighted by atomic mass is 9.87. The van der Waals surface area contributed by atoms with Gasteiger partial charge < -0.3 is 25.0 Å². The van der Waals surface area contributed by atoms with Crippen LogP contribution >= 0.6 is 0 Å². The smallest absolute Gasteiger partial charge is 0.315 e. The largest absolute Gasteiger partial charge is 0.493 e. The number of rotatable bonds is 7. The molecule has 6 nitrogen and oxygen atoms in total. The molecule has 0 spiro atoms. The van der Waals surface area contributed by atoms with Crippen LogP contribution in [0.5, 0.6) is 11.5 Å². The Balaban J connectivity index is 1.95. The van der Waals surface area contributed by atoms with Crippen LogP contribution in [0.1, 0.15) is 49.1 Å². The molecule has 2 amide bonds. The SMILES string of the molecule is COc1cc2c(cc1OC)[C@H]([C@@H](C)NC(=O)NC(C)C)[NH+](Cc1ccc(C)cc1)CC2. The highest BCUT2D eigenvalue weighted by molar-refractivity contribution is 5.74. The van der Waals surface area contributed by atoms with Crippen molar-refractivity contribution >= 4 is 6.03 Å². The second-order valence-corrected chi connectivity index (χ2v) is 8.77. The van der Waals surface area contributed by atoms with E-state index in [0.29, 0.717) is 0 Å². The van der Waals surface area contributed by atoms with Crippen molar-refractivity contribution in [3.05, 3.63) is 58.7 Å². The zero-order chi connectivity index (χ0) is 22.5. The average molecular weight is 427 g/mol. The summed E-state index contributed by atoms with van der Waals surface area (Å²) in [6.45, 7) is 10.0. The number of carbonyl (C=O) groups excluding carboxylic acids is 1. The quantitative estimate of drug-likeness (QED) is 0.638. The molecule has 0 saturated carbocycles. The van der Waals surface area contributed by atoms with E-state index in [4.69, 9.17) is 9.47 Å². The molecule has 1 heterocycles. The molecule has 1 aliphatic rings. The van der Waals surface area contributed by atoms with Gasteiger partial charge in [-0.15, -0.1) is 0 Å². The van der Waals surface area contributed by atoms with Gasteiger partial charge in [0.2, 0.25) is 0 Å². The molecule has 1 unspecified atom stereocenters. The van der Waals surface area contributed by atoms with Crippen molar-refractivity contribution in [1.29, 1.82) is 0 Å². The second kappa shape index (κ2) is 10.1. The Morgan fingerprint density at radius 2 is 1.71 bits per heavy atom. The van der Waals surface area contributed by atoms with E-state index >= 15 is 0 Å². The number of hydrogen-bond acceptors (Lipinski definition) is 3. The molecule has 3 rings (SSSR count). The molecule has 2 aromatic carbocycles. The van der Waals surface area contributed by atoms with Gasteiger partial charge >= 0.3 is 6.03 Å². The normalized spacial score (nSPS) is 18.8. The first-order chi connectivity index (χ1) is 14.8. The first-order valence-corrected chi connectivity index (χ1v) is 11.0. The predicted octanol–water partition coefficient (Wildman–Crippen LogP) is 2.79. The molecule has 0 saturated heterocycles. The van der Waals surface area contributed by atoms with Crippen molar-refractivity contribution in [3.8, 4) is 11.5 Å². The van der Waals surface area contributed by atoms with Crippen LogP contribution in [0.4, 0.5) is 4.79 Å². The van der Waals surface area contributed by atoms with E-state index in [9.17, 15) is 4.79 Å². The third-order valence-corrected chi connectivity index (χ3v) is 5.97. The lowest BCUT2D eigenvalue weighted by molar-refractivity contribution is -0.948. The van der Waals surface area contributed by atoms with Crippen LogP contribution in [0.25, 0.3) is 0 Å². The number of methoxy groups -OCH3 is 2. The lowest BCUT2D eigenvalue weighted by Gasteiger charge is -2.38. The Morgan fingerprint density at radius 1 is 1.06 bits per heavy atom. The van der Waals surface area contributed by atoms with Gasteiger partial charge in [0.1, 0.15) is 12.6 Å². The van der Waals surface area contributed by atoms with Crippen molar-refractivity contribution in [2.24, 2.45) is 0 Å². The van der Waals surface area contributed by atoms with E-state index in [-0.39, 0.29) is 24.2 Å². The number of ether oxygens (including phenoxy) is 2. The number of nitrogens with one attached hydrogen (secondary N) is 3. The summed E-state index contributed by atoms with van der Waals surface area (Å²) in [6.07, 6.45) is 0.957. The highest BCUT2D eigenvalue weighted by atomic mass is 16.5. The van der Waals surface area contributed by atoms with Crippen molar-refractivity contribution in [2.45, 2.75) is 58.8 Å². The summed E-state index contributed by atoms with van der Waals surface area (Å²) in [5, 5.41) is 6.11. The zero-order valence-corrected chi connectivity index (χ0v) is 19.5. The minimum atomic E-state index is -0.134. The van der Waals surface area contributed by atoms with E-state index in [0.717, 1.165) is 31.0 Å². The molecule has 6 heteroatoms. The molecule has 0 aliphatic carbocycles. The van der Waals surface area contributed by atoms with Crippen molar-refractivity contribution in [2.75, 3.05) is 20.8 Å². The summed E-state index contributed by atoms with van der Waals surface area (Å²) in [5.41, 5.74) is 5.03. The van der Waals surface area contributed by atoms with Gasteiger partial charge in [0, 0.05) is 23.6 Å². The fraction of sp³-hybridized carbons (Fsp3) is 0.480. The molecule has 3 atom stereocenters. The number of hydrogen-bond donors (Lipinski definition) is 3. The molecule has 2 aromatic rings. The molecule has 1 aliphatic heterocycles. The number of aryl methyl sites for hydroxylation is 1. The first kappa shape index (κ1) is 22.9. The van der Waals surface area contributed by atoms with Crippen molar-refractivity contribution in [1.82, 2.24) is 10.6 Å². The average Bonchev–Trinajstić information content (AvgIpc) is 2.73. The number of benzene rings is 2. The molecule has 0 aromatic heterocycles. The van der Waals surface area contributed by atoms with Gasteiger partial charge in [-0.2, -0.15) is 0 Å². The fourth-order valence-electron chi connectivity index (χ4n) is 4.50. The van der Waals surface area contributed by atoms with Crippen LogP contribution in [0.2, 0.25) is 0 Å². The summed E-state index contributed by atoms with van der Waals surface area (Å²) in [7, 11) is 3.33. The maximum atomic E-state index is 12.5. The third kappa shape index (κ3) is 5.50. The maximum absolute atomic E-state index is 12.5. The number of fused-ring (bicyclic) bond motifs is 1. The van der Waals surface area contributed by atoms with Crippen LogP contribution in [0.3, 0.4) is 0 Å². The molecule has 0 fully saturated rings. The molecule has 3 N–H and O–H groups in total. The number of carbonyl (C=O) groups is 1. The summed E-state index contributed by atoms with van der Waals surface area (Å²) in [4.78, 5) is 13.9. The standard InChI is InChI=1S/C25H35N3O3/c1-16(2)26-25(29)27-18(4)24-21-14-23(31-6)22(30-5)13-20(21)11-12-28(24)15-19-9-7-17(3)8-10-19/h7-10,13-14,16,18,24H,11-12,15H2,1-6H3,(H2,26,27,29)/p+1/t18-,24+/m1/s1. The van der Waals surface area contributed by atoms with Gasteiger partial charge in [0.15, 0.2) is 11.5 Å². The van der Waals surface area contributed by atoms with E-state index in [2.05, 4.69) is 60.9 Å². The van der Waals surface area contributed by atoms with Crippen molar-refractivity contribution < 1.29 is 19.2 Å². The Bertz CT molecular complexity index is 896. The molecule has 168 valence electrons.